The van der Waals surface area contributed by atoms with Gasteiger partial charge in [-0.1, -0.05) is 32.9 Å². The molecule has 2 aromatic carbocycles. The zero-order chi connectivity index (χ0) is 24.0. The molecule has 1 saturated heterocycles. The van der Waals surface area contributed by atoms with Gasteiger partial charge in [0.1, 0.15) is 17.3 Å². The SMILES string of the molecule is CCCOc1ccc(/C(O)=C2/C(=O)C(=O)N(CCN(CC)CC)C2c2ccc(O)cc2)cc1. The summed E-state index contributed by atoms with van der Waals surface area (Å²) in [6, 6.07) is 12.5. The molecule has 1 atom stereocenters. The summed E-state index contributed by atoms with van der Waals surface area (Å²) in [6.45, 7) is 9.31. The molecule has 7 heteroatoms. The highest BCUT2D eigenvalue weighted by Crippen LogP contribution is 2.39. The van der Waals surface area contributed by atoms with E-state index in [0.29, 0.717) is 36.6 Å². The van der Waals surface area contributed by atoms with E-state index in [-0.39, 0.29) is 17.1 Å². The Hall–Kier alpha value is -3.32. The summed E-state index contributed by atoms with van der Waals surface area (Å²) in [5, 5.41) is 20.9. The van der Waals surface area contributed by atoms with Crippen molar-refractivity contribution in [3.8, 4) is 11.5 Å². The van der Waals surface area contributed by atoms with Crippen LogP contribution in [0.3, 0.4) is 0 Å². The molecule has 0 aromatic heterocycles. The molecule has 33 heavy (non-hydrogen) atoms. The maximum absolute atomic E-state index is 13.1. The van der Waals surface area contributed by atoms with Gasteiger partial charge < -0.3 is 24.7 Å². The number of likely N-dealkylation sites (tertiary alicyclic amines) is 1. The van der Waals surface area contributed by atoms with Crippen LogP contribution in [0.5, 0.6) is 11.5 Å². The number of rotatable bonds is 10. The van der Waals surface area contributed by atoms with Gasteiger partial charge in [0, 0.05) is 18.7 Å². The first-order valence-electron chi connectivity index (χ1n) is 11.4. The van der Waals surface area contributed by atoms with Gasteiger partial charge in [-0.25, -0.2) is 0 Å². The minimum absolute atomic E-state index is 0.0486. The fourth-order valence-corrected chi connectivity index (χ4v) is 3.99. The van der Waals surface area contributed by atoms with Crippen LogP contribution in [0.2, 0.25) is 0 Å². The number of likely N-dealkylation sites (N-methyl/N-ethyl adjacent to an activating group) is 1. The second-order valence-corrected chi connectivity index (χ2v) is 7.98. The van der Waals surface area contributed by atoms with Crippen LogP contribution in [0, 0.1) is 0 Å². The van der Waals surface area contributed by atoms with Gasteiger partial charge in [0.15, 0.2) is 0 Å². The molecule has 2 N–H and O–H groups in total. The van der Waals surface area contributed by atoms with Gasteiger partial charge in [-0.2, -0.15) is 0 Å². The number of carbonyl (C=O) groups excluding carboxylic acids is 2. The molecule has 0 bridgehead atoms. The number of aromatic hydroxyl groups is 1. The van der Waals surface area contributed by atoms with Gasteiger partial charge in [0.2, 0.25) is 0 Å². The highest BCUT2D eigenvalue weighted by molar-refractivity contribution is 6.46. The van der Waals surface area contributed by atoms with Crippen molar-refractivity contribution in [3.05, 3.63) is 65.2 Å². The molecule has 0 spiro atoms. The quantitative estimate of drug-likeness (QED) is 0.322. The zero-order valence-electron chi connectivity index (χ0n) is 19.5. The van der Waals surface area contributed by atoms with E-state index in [9.17, 15) is 19.8 Å². The van der Waals surface area contributed by atoms with Crippen LogP contribution in [0.4, 0.5) is 0 Å². The summed E-state index contributed by atoms with van der Waals surface area (Å²) in [7, 11) is 0. The molecule has 1 aliphatic heterocycles. The van der Waals surface area contributed by atoms with E-state index in [0.717, 1.165) is 19.5 Å². The third-order valence-corrected chi connectivity index (χ3v) is 5.90. The van der Waals surface area contributed by atoms with Crippen molar-refractivity contribution < 1.29 is 24.5 Å². The molecule has 1 unspecified atom stereocenters. The molecule has 0 aliphatic carbocycles. The van der Waals surface area contributed by atoms with E-state index in [1.807, 2.05) is 20.8 Å². The normalized spacial score (nSPS) is 17.7. The van der Waals surface area contributed by atoms with Crippen LogP contribution in [-0.2, 0) is 9.59 Å². The number of ketones is 1. The first-order chi connectivity index (χ1) is 15.9. The summed E-state index contributed by atoms with van der Waals surface area (Å²) in [4.78, 5) is 29.8. The largest absolute Gasteiger partial charge is 0.508 e. The first kappa shape index (κ1) is 24.3. The van der Waals surface area contributed by atoms with Crippen LogP contribution >= 0.6 is 0 Å². The summed E-state index contributed by atoms with van der Waals surface area (Å²) in [6.07, 6.45) is 0.880. The number of ether oxygens (including phenoxy) is 1. The third kappa shape index (κ3) is 5.37. The van der Waals surface area contributed by atoms with Crippen molar-refractivity contribution in [2.24, 2.45) is 0 Å². The van der Waals surface area contributed by atoms with E-state index in [2.05, 4.69) is 4.90 Å². The Morgan fingerprint density at radius 2 is 1.64 bits per heavy atom. The molecule has 3 rings (SSSR count). The van der Waals surface area contributed by atoms with E-state index in [1.54, 1.807) is 36.4 Å². The van der Waals surface area contributed by atoms with Gasteiger partial charge in [-0.15, -0.1) is 0 Å². The summed E-state index contributed by atoms with van der Waals surface area (Å²) in [5.74, 6) is -0.815. The van der Waals surface area contributed by atoms with Crippen molar-refractivity contribution in [2.75, 3.05) is 32.8 Å². The lowest BCUT2D eigenvalue weighted by Crippen LogP contribution is -2.38. The van der Waals surface area contributed by atoms with E-state index in [1.165, 1.54) is 17.0 Å². The number of amides is 1. The van der Waals surface area contributed by atoms with Crippen molar-refractivity contribution in [2.45, 2.75) is 33.2 Å². The number of aliphatic hydroxyl groups excluding tert-OH is 1. The molecule has 1 aliphatic rings. The van der Waals surface area contributed by atoms with Crippen LogP contribution in [0.1, 0.15) is 44.4 Å². The van der Waals surface area contributed by atoms with Crippen LogP contribution in [0.15, 0.2) is 54.1 Å². The summed E-state index contributed by atoms with van der Waals surface area (Å²) >= 11 is 0. The molecule has 1 fully saturated rings. The summed E-state index contributed by atoms with van der Waals surface area (Å²) in [5.41, 5.74) is 1.13. The molecule has 0 saturated carbocycles. The number of carbonyl (C=O) groups is 2. The van der Waals surface area contributed by atoms with Gasteiger partial charge >= 0.3 is 0 Å². The molecule has 1 amide bonds. The first-order valence-corrected chi connectivity index (χ1v) is 11.4. The van der Waals surface area contributed by atoms with Crippen LogP contribution in [0.25, 0.3) is 5.76 Å². The lowest BCUT2D eigenvalue weighted by molar-refractivity contribution is -0.140. The number of aliphatic hydroxyl groups is 1. The van der Waals surface area contributed by atoms with Gasteiger partial charge in [0.25, 0.3) is 11.7 Å². The van der Waals surface area contributed by atoms with Gasteiger partial charge in [0.05, 0.1) is 18.2 Å². The lowest BCUT2D eigenvalue weighted by Gasteiger charge is -2.28. The van der Waals surface area contributed by atoms with Crippen molar-refractivity contribution in [1.82, 2.24) is 9.80 Å². The zero-order valence-corrected chi connectivity index (χ0v) is 19.5. The van der Waals surface area contributed by atoms with Crippen LogP contribution in [-0.4, -0.2) is 64.5 Å². The number of phenolic OH excluding ortho intramolecular Hbond substituents is 1. The Morgan fingerprint density at radius 1 is 1.00 bits per heavy atom. The number of benzene rings is 2. The second kappa shape index (κ2) is 11.0. The molecule has 7 nitrogen and oxygen atoms in total. The maximum atomic E-state index is 13.1. The Bertz CT molecular complexity index is 994. The topological polar surface area (TPSA) is 90.3 Å². The molecule has 1 heterocycles. The third-order valence-electron chi connectivity index (χ3n) is 5.90. The lowest BCUT2D eigenvalue weighted by atomic mass is 9.95. The van der Waals surface area contributed by atoms with Crippen molar-refractivity contribution in [3.63, 3.8) is 0 Å². The number of hydrogen-bond donors (Lipinski definition) is 2. The molecule has 176 valence electrons. The highest BCUT2D eigenvalue weighted by Gasteiger charge is 2.45. The van der Waals surface area contributed by atoms with E-state index >= 15 is 0 Å². The maximum Gasteiger partial charge on any atom is 0.295 e. The average Bonchev–Trinajstić information content (AvgIpc) is 3.08. The van der Waals surface area contributed by atoms with Gasteiger partial charge in [-0.05, 0) is 61.5 Å². The Morgan fingerprint density at radius 3 is 2.21 bits per heavy atom. The Kier molecular flexibility index (Phi) is 8.11. The molecular formula is C26H32N2O5. The van der Waals surface area contributed by atoms with Gasteiger partial charge in [-0.3, -0.25) is 9.59 Å². The average molecular weight is 453 g/mol. The predicted molar refractivity (Wildman–Crippen MR) is 127 cm³/mol. The minimum Gasteiger partial charge on any atom is -0.508 e. The monoisotopic (exact) mass is 452 g/mol. The molecular weight excluding hydrogens is 420 g/mol. The fraction of sp³-hybridized carbons (Fsp3) is 0.385. The summed E-state index contributed by atoms with van der Waals surface area (Å²) < 4.78 is 5.59. The number of nitrogens with zero attached hydrogens (tertiary/aromatic N) is 2. The van der Waals surface area contributed by atoms with Crippen LogP contribution < -0.4 is 4.74 Å². The van der Waals surface area contributed by atoms with Crippen molar-refractivity contribution >= 4 is 17.4 Å². The predicted octanol–water partition coefficient (Wildman–Crippen LogP) is 3.94. The van der Waals surface area contributed by atoms with Crippen molar-refractivity contribution in [1.29, 1.82) is 0 Å². The van der Waals surface area contributed by atoms with E-state index < -0.39 is 17.7 Å². The minimum atomic E-state index is -0.739. The standard InChI is InChI=1S/C26H32N2O5/c1-4-17-33-21-13-9-19(10-14-21)24(30)22-23(18-7-11-20(29)12-8-18)28(26(32)25(22)31)16-15-27(5-2)6-3/h7-14,23,29-30H,4-6,15-17H2,1-3H3/b24-22-. The Balaban J connectivity index is 2.02. The Labute approximate surface area is 194 Å². The molecule has 2 aromatic rings. The highest BCUT2D eigenvalue weighted by atomic mass is 16.5. The second-order valence-electron chi connectivity index (χ2n) is 7.98. The fourth-order valence-electron chi connectivity index (χ4n) is 3.99. The number of Topliss-reactive ketones (excluding diaryl/α,β-unsaturated/α-hetero) is 1. The smallest absolute Gasteiger partial charge is 0.295 e. The van der Waals surface area contributed by atoms with E-state index in [4.69, 9.17) is 4.74 Å². The number of hydrogen-bond acceptors (Lipinski definition) is 6. The molecule has 0 radical (unpaired) electrons. The number of phenols is 1.